The molecule has 0 aliphatic heterocycles. The van der Waals surface area contributed by atoms with Crippen LogP contribution in [0, 0.1) is 0 Å². The molecule has 0 aliphatic rings. The van der Waals surface area contributed by atoms with Crippen LogP contribution < -0.4 is 4.74 Å². The molecule has 0 unspecified atom stereocenters. The van der Waals surface area contributed by atoms with Gasteiger partial charge in [-0.15, -0.1) is 0 Å². The van der Waals surface area contributed by atoms with Crippen molar-refractivity contribution in [3.8, 4) is 22.9 Å². The van der Waals surface area contributed by atoms with Gasteiger partial charge in [-0.1, -0.05) is 25.7 Å². The van der Waals surface area contributed by atoms with E-state index in [0.29, 0.717) is 18.4 Å². The van der Waals surface area contributed by atoms with Crippen LogP contribution in [0.1, 0.15) is 0 Å². The van der Waals surface area contributed by atoms with Crippen LogP contribution in [0.3, 0.4) is 0 Å². The van der Waals surface area contributed by atoms with E-state index in [0.717, 1.165) is 23.9 Å². The summed E-state index contributed by atoms with van der Waals surface area (Å²) in [5, 5.41) is 4.38. The molecule has 3 rings (SSSR count). The largest absolute Gasteiger partial charge is 0.468 e. The first-order valence-electron chi connectivity index (χ1n) is 11.1. The van der Waals surface area contributed by atoms with Gasteiger partial charge in [0, 0.05) is 51.1 Å². The zero-order valence-electron chi connectivity index (χ0n) is 20.2. The van der Waals surface area contributed by atoms with E-state index in [9.17, 15) is 4.79 Å². The molecule has 0 bridgehead atoms. The third kappa shape index (κ3) is 8.16. The molecule has 0 atom stereocenters. The number of nitrogens with zero attached hydrogens (tertiary/aromatic N) is 4. The van der Waals surface area contributed by atoms with Crippen molar-refractivity contribution in [3.05, 3.63) is 73.3 Å². The number of rotatable bonds is 10. The molecule has 34 heavy (non-hydrogen) atoms. The summed E-state index contributed by atoms with van der Waals surface area (Å²) in [7, 11) is 0.249. The Balaban J connectivity index is 1.65. The Morgan fingerprint density at radius 2 is 1.82 bits per heavy atom. The van der Waals surface area contributed by atoms with Gasteiger partial charge in [-0.25, -0.2) is 9.67 Å². The second-order valence-corrected chi connectivity index (χ2v) is 14.5. The first-order chi connectivity index (χ1) is 16.3. The lowest BCUT2D eigenvalue weighted by molar-refractivity contribution is -0.141. The summed E-state index contributed by atoms with van der Waals surface area (Å²) in [6.45, 7) is 8.29. The molecule has 0 N–H and O–H groups in total. The number of ether oxygens (including phenoxy) is 3. The molecule has 8 nitrogen and oxygen atoms in total. The fourth-order valence-electron chi connectivity index (χ4n) is 2.97. The number of aromatic nitrogens is 4. The number of carbonyl (C=O) groups is 1. The van der Waals surface area contributed by atoms with Gasteiger partial charge in [0.05, 0.1) is 12.8 Å². The van der Waals surface area contributed by atoms with E-state index in [1.165, 1.54) is 7.11 Å². The third-order valence-electron chi connectivity index (χ3n) is 4.91. The lowest BCUT2D eigenvalue weighted by atomic mass is 10.2. The molecule has 0 spiro atoms. The summed E-state index contributed by atoms with van der Waals surface area (Å²) in [5.41, 5.74) is 1.87. The molecule has 0 aromatic carbocycles. The van der Waals surface area contributed by atoms with Gasteiger partial charge in [-0.2, -0.15) is 5.10 Å². The molecule has 9 heteroatoms. The number of hydrogen-bond donors (Lipinski definition) is 0. The van der Waals surface area contributed by atoms with Gasteiger partial charge in [-0.3, -0.25) is 4.79 Å². The van der Waals surface area contributed by atoms with E-state index in [1.54, 1.807) is 41.5 Å². The molecule has 3 aromatic rings. The Kier molecular flexibility index (Phi) is 9.00. The number of carbonyl (C=O) groups excluding carboxylic acids is 1. The Morgan fingerprint density at radius 3 is 2.56 bits per heavy atom. The van der Waals surface area contributed by atoms with Gasteiger partial charge in [0.2, 0.25) is 5.88 Å². The van der Waals surface area contributed by atoms with Gasteiger partial charge < -0.3 is 18.8 Å². The van der Waals surface area contributed by atoms with Crippen molar-refractivity contribution in [1.29, 1.82) is 0 Å². The molecule has 3 heterocycles. The number of esters is 1. The van der Waals surface area contributed by atoms with Crippen molar-refractivity contribution < 1.29 is 19.0 Å². The second kappa shape index (κ2) is 12.1. The van der Waals surface area contributed by atoms with Crippen LogP contribution in [-0.4, -0.2) is 47.1 Å². The van der Waals surface area contributed by atoms with Crippen molar-refractivity contribution in [2.75, 3.05) is 13.7 Å². The van der Waals surface area contributed by atoms with E-state index >= 15 is 0 Å². The predicted octanol–water partition coefficient (Wildman–Crippen LogP) is 5.15. The Labute approximate surface area is 201 Å². The predicted molar refractivity (Wildman–Crippen MR) is 134 cm³/mol. The average Bonchev–Trinajstić information content (AvgIpc) is 3.30. The molecule has 0 aliphatic carbocycles. The minimum atomic E-state index is -1.12. The summed E-state index contributed by atoms with van der Waals surface area (Å²) < 4.78 is 20.0. The smallest absolute Gasteiger partial charge is 0.325 e. The quantitative estimate of drug-likeness (QED) is 0.227. The maximum Gasteiger partial charge on any atom is 0.325 e. The minimum Gasteiger partial charge on any atom is -0.468 e. The van der Waals surface area contributed by atoms with Crippen LogP contribution in [0.2, 0.25) is 25.7 Å². The van der Waals surface area contributed by atoms with E-state index in [1.807, 2.05) is 41.1 Å². The highest BCUT2D eigenvalue weighted by molar-refractivity contribution is 6.76. The maximum absolute atomic E-state index is 11.5. The van der Waals surface area contributed by atoms with E-state index in [2.05, 4.69) is 29.7 Å². The number of pyridine rings is 1. The molecule has 0 radical (unpaired) electrons. The van der Waals surface area contributed by atoms with Crippen LogP contribution in [0.15, 0.2) is 73.3 Å². The minimum absolute atomic E-state index is 0.129. The molecule has 0 saturated heterocycles. The van der Waals surface area contributed by atoms with Crippen molar-refractivity contribution in [2.45, 2.75) is 39.0 Å². The fraction of sp³-hybridized carbons (Fsp3) is 0.320. The summed E-state index contributed by atoms with van der Waals surface area (Å²) in [6.07, 6.45) is 7.08. The van der Waals surface area contributed by atoms with Gasteiger partial charge in [0.1, 0.15) is 19.0 Å². The Bertz CT molecular complexity index is 1120. The highest BCUT2D eigenvalue weighted by Crippen LogP contribution is 2.23. The lowest BCUT2D eigenvalue weighted by Gasteiger charge is -2.16. The van der Waals surface area contributed by atoms with Crippen LogP contribution >= 0.6 is 0 Å². The molecule has 0 amide bonds. The van der Waals surface area contributed by atoms with E-state index in [4.69, 9.17) is 14.2 Å². The monoisotopic (exact) mass is 480 g/mol. The second-order valence-electron chi connectivity index (χ2n) is 8.91. The van der Waals surface area contributed by atoms with Crippen molar-refractivity contribution in [1.82, 2.24) is 19.3 Å². The van der Waals surface area contributed by atoms with Crippen LogP contribution in [-0.2, 0) is 27.5 Å². The molecular formula is C25H32N4O4Si. The Hall–Kier alpha value is -3.43. The lowest BCUT2D eigenvalue weighted by Crippen LogP contribution is -2.22. The van der Waals surface area contributed by atoms with Crippen molar-refractivity contribution in [3.63, 3.8) is 0 Å². The van der Waals surface area contributed by atoms with Gasteiger partial charge >= 0.3 is 5.97 Å². The highest BCUT2D eigenvalue weighted by atomic mass is 28.3. The third-order valence-corrected chi connectivity index (χ3v) is 6.61. The molecular weight excluding hydrogens is 448 g/mol. The summed E-state index contributed by atoms with van der Waals surface area (Å²) in [5.74, 6) is 0.767. The summed E-state index contributed by atoms with van der Waals surface area (Å²) >= 11 is 0. The first kappa shape index (κ1) is 25.2. The van der Waals surface area contributed by atoms with Gasteiger partial charge in [-0.05, 0) is 42.4 Å². The first-order valence-corrected chi connectivity index (χ1v) is 14.8. The summed E-state index contributed by atoms with van der Waals surface area (Å²) in [6, 6.07) is 15.9. The highest BCUT2D eigenvalue weighted by Gasteiger charge is 2.13. The molecule has 3 aromatic heterocycles. The van der Waals surface area contributed by atoms with Gasteiger partial charge in [0.25, 0.3) is 0 Å². The normalized spacial score (nSPS) is 11.1. The molecule has 0 fully saturated rings. The maximum atomic E-state index is 11.5. The van der Waals surface area contributed by atoms with E-state index in [-0.39, 0.29) is 12.5 Å². The Morgan fingerprint density at radius 1 is 1.03 bits per heavy atom. The zero-order valence-corrected chi connectivity index (χ0v) is 21.2. The molecule has 0 saturated carbocycles. The van der Waals surface area contributed by atoms with Crippen LogP contribution in [0.4, 0.5) is 0 Å². The van der Waals surface area contributed by atoms with Crippen molar-refractivity contribution in [2.24, 2.45) is 0 Å². The molecule has 180 valence electrons. The average molecular weight is 481 g/mol. The summed E-state index contributed by atoms with van der Waals surface area (Å²) in [4.78, 5) is 16.0. The SMILES string of the molecule is COC(=O)Cn1ccccc(Oc2ccc(-c3ccnn3COCC[Si](C)(C)C)cn2)ccc1. The van der Waals surface area contributed by atoms with Crippen molar-refractivity contribution >= 4 is 14.0 Å². The topological polar surface area (TPSA) is 80.4 Å². The standard InChI is InChI=1S/C25H32N4O4Si/c1-31-25(30)19-28-14-6-5-8-22(9-7-15-28)33-24-11-10-21(18-26-24)23-12-13-27-29(23)20-32-16-17-34(2,3)4/h5-15,18H,16-17,19-20H2,1-4H3. The number of methoxy groups -OCH3 is 1. The van der Waals surface area contributed by atoms with Gasteiger partial charge in [0.15, 0.2) is 0 Å². The van der Waals surface area contributed by atoms with Crippen LogP contribution in [0.25, 0.3) is 11.3 Å². The zero-order chi connectivity index (χ0) is 24.4. The fourth-order valence-corrected chi connectivity index (χ4v) is 3.73. The number of hydrogen-bond acceptors (Lipinski definition) is 6. The van der Waals surface area contributed by atoms with Crippen LogP contribution in [0.5, 0.6) is 11.6 Å². The van der Waals surface area contributed by atoms with E-state index < -0.39 is 8.07 Å².